The summed E-state index contributed by atoms with van der Waals surface area (Å²) >= 11 is 0. The first kappa shape index (κ1) is 14.5. The molecule has 106 valence electrons. The smallest absolute Gasteiger partial charge is 0.126 e. The Kier molecular flexibility index (Phi) is 4.74. The van der Waals surface area contributed by atoms with Gasteiger partial charge in [0.1, 0.15) is 11.6 Å². The molecule has 2 aromatic carbocycles. The van der Waals surface area contributed by atoms with E-state index in [1.165, 1.54) is 0 Å². The van der Waals surface area contributed by atoms with Crippen LogP contribution >= 0.6 is 0 Å². The van der Waals surface area contributed by atoms with Gasteiger partial charge in [0.2, 0.25) is 0 Å². The predicted molar refractivity (Wildman–Crippen MR) is 79.7 cm³/mol. The van der Waals surface area contributed by atoms with Crippen LogP contribution < -0.4 is 10.1 Å². The van der Waals surface area contributed by atoms with Crippen LogP contribution in [-0.4, -0.2) is 13.7 Å². The van der Waals surface area contributed by atoms with Crippen molar-refractivity contribution < 1.29 is 9.13 Å². The molecule has 2 rings (SSSR count). The van der Waals surface area contributed by atoms with Gasteiger partial charge >= 0.3 is 0 Å². The van der Waals surface area contributed by atoms with Crippen molar-refractivity contribution in [2.75, 3.05) is 13.7 Å². The van der Waals surface area contributed by atoms with Crippen molar-refractivity contribution in [1.29, 1.82) is 0 Å². The summed E-state index contributed by atoms with van der Waals surface area (Å²) in [4.78, 5) is 0. The van der Waals surface area contributed by atoms with Crippen LogP contribution in [0.25, 0.3) is 0 Å². The molecule has 20 heavy (non-hydrogen) atoms. The molecule has 0 bridgehead atoms. The number of nitrogens with one attached hydrogen (secondary N) is 1. The van der Waals surface area contributed by atoms with Gasteiger partial charge in [-0.25, -0.2) is 4.39 Å². The highest BCUT2D eigenvalue weighted by Crippen LogP contribution is 2.30. The van der Waals surface area contributed by atoms with Crippen molar-refractivity contribution in [3.8, 4) is 5.75 Å². The molecule has 1 atom stereocenters. The first-order valence-corrected chi connectivity index (χ1v) is 6.82. The second kappa shape index (κ2) is 6.53. The van der Waals surface area contributed by atoms with Gasteiger partial charge in [-0.2, -0.15) is 0 Å². The minimum absolute atomic E-state index is 0.0900. The van der Waals surface area contributed by atoms with E-state index in [2.05, 4.69) is 5.32 Å². The zero-order valence-electron chi connectivity index (χ0n) is 12.1. The molecule has 1 N–H and O–H groups in total. The Morgan fingerprint density at radius 2 is 1.95 bits per heavy atom. The molecule has 2 aromatic rings. The van der Waals surface area contributed by atoms with E-state index in [1.54, 1.807) is 19.1 Å². The topological polar surface area (TPSA) is 21.3 Å². The first-order chi connectivity index (χ1) is 9.67. The molecule has 0 aliphatic rings. The van der Waals surface area contributed by atoms with E-state index >= 15 is 0 Å². The van der Waals surface area contributed by atoms with Crippen LogP contribution in [0, 0.1) is 12.7 Å². The average molecular weight is 273 g/mol. The summed E-state index contributed by atoms with van der Waals surface area (Å²) in [7, 11) is 1.87. The Labute approximate surface area is 119 Å². The third kappa shape index (κ3) is 2.99. The van der Waals surface area contributed by atoms with E-state index in [4.69, 9.17) is 4.74 Å². The fourth-order valence-electron chi connectivity index (χ4n) is 2.30. The lowest BCUT2D eigenvalue weighted by Gasteiger charge is -2.20. The van der Waals surface area contributed by atoms with Gasteiger partial charge in [-0.05, 0) is 44.2 Å². The van der Waals surface area contributed by atoms with Gasteiger partial charge < -0.3 is 10.1 Å². The summed E-state index contributed by atoms with van der Waals surface area (Å²) in [5.41, 5.74) is 2.56. The maximum Gasteiger partial charge on any atom is 0.126 e. The lowest BCUT2D eigenvalue weighted by atomic mass is 9.97. The molecular formula is C17H20FNO. The van der Waals surface area contributed by atoms with Crippen molar-refractivity contribution in [2.45, 2.75) is 19.9 Å². The number of ether oxygens (including phenoxy) is 1. The Bertz CT molecular complexity index is 583. The van der Waals surface area contributed by atoms with Gasteiger partial charge in [-0.1, -0.05) is 30.3 Å². The molecule has 0 radical (unpaired) electrons. The number of para-hydroxylation sites is 1. The van der Waals surface area contributed by atoms with Crippen molar-refractivity contribution in [2.24, 2.45) is 0 Å². The van der Waals surface area contributed by atoms with Gasteiger partial charge in [0, 0.05) is 5.56 Å². The number of hydrogen-bond acceptors (Lipinski definition) is 2. The van der Waals surface area contributed by atoms with Crippen LogP contribution in [0.3, 0.4) is 0 Å². The lowest BCUT2D eigenvalue weighted by molar-refractivity contribution is 0.334. The molecule has 0 aliphatic heterocycles. The van der Waals surface area contributed by atoms with E-state index in [9.17, 15) is 4.39 Å². The number of rotatable bonds is 5. The minimum atomic E-state index is -0.184. The summed E-state index contributed by atoms with van der Waals surface area (Å²) in [6.45, 7) is 4.33. The van der Waals surface area contributed by atoms with Gasteiger partial charge in [0.25, 0.3) is 0 Å². The molecule has 0 heterocycles. The molecular weight excluding hydrogens is 253 g/mol. The maximum atomic E-state index is 13.8. The Hall–Kier alpha value is -1.87. The molecule has 0 spiro atoms. The van der Waals surface area contributed by atoms with Crippen molar-refractivity contribution in [1.82, 2.24) is 5.32 Å². The van der Waals surface area contributed by atoms with Crippen molar-refractivity contribution in [3.05, 3.63) is 65.0 Å². The normalized spacial score (nSPS) is 12.2. The monoisotopic (exact) mass is 273 g/mol. The molecule has 0 saturated heterocycles. The molecule has 2 nitrogen and oxygen atoms in total. The summed E-state index contributed by atoms with van der Waals surface area (Å²) in [6.07, 6.45) is 0. The van der Waals surface area contributed by atoms with E-state index in [1.807, 2.05) is 44.3 Å². The Morgan fingerprint density at radius 3 is 2.60 bits per heavy atom. The molecule has 0 aliphatic carbocycles. The third-order valence-electron chi connectivity index (χ3n) is 3.35. The summed E-state index contributed by atoms with van der Waals surface area (Å²) in [6, 6.07) is 13.1. The lowest BCUT2D eigenvalue weighted by Crippen LogP contribution is -2.19. The standard InChI is InChI=1S/C17H20FNO/c1-4-20-16-8-6-5-7-14(16)17(19-3)13-10-9-12(2)15(18)11-13/h5-11,17,19H,4H2,1-3H3. The number of halogens is 1. The highest BCUT2D eigenvalue weighted by Gasteiger charge is 2.17. The molecule has 3 heteroatoms. The zero-order chi connectivity index (χ0) is 14.5. The zero-order valence-corrected chi connectivity index (χ0v) is 12.1. The number of aryl methyl sites for hydroxylation is 1. The van der Waals surface area contributed by atoms with E-state index in [-0.39, 0.29) is 11.9 Å². The molecule has 0 amide bonds. The van der Waals surface area contributed by atoms with Crippen molar-refractivity contribution in [3.63, 3.8) is 0 Å². The average Bonchev–Trinajstić information content (AvgIpc) is 2.45. The SMILES string of the molecule is CCOc1ccccc1C(NC)c1ccc(C)c(F)c1. The fraction of sp³-hybridized carbons (Fsp3) is 0.294. The minimum Gasteiger partial charge on any atom is -0.494 e. The fourth-order valence-corrected chi connectivity index (χ4v) is 2.30. The Morgan fingerprint density at radius 1 is 1.20 bits per heavy atom. The molecule has 0 saturated carbocycles. The number of hydrogen-bond donors (Lipinski definition) is 1. The first-order valence-electron chi connectivity index (χ1n) is 6.82. The second-order valence-electron chi connectivity index (χ2n) is 4.70. The second-order valence-corrected chi connectivity index (χ2v) is 4.70. The maximum absolute atomic E-state index is 13.8. The highest BCUT2D eigenvalue weighted by atomic mass is 19.1. The van der Waals surface area contributed by atoms with Crippen LogP contribution in [0.4, 0.5) is 4.39 Å². The van der Waals surface area contributed by atoms with E-state index < -0.39 is 0 Å². The summed E-state index contributed by atoms with van der Waals surface area (Å²) in [5, 5.41) is 3.23. The highest BCUT2D eigenvalue weighted by molar-refractivity contribution is 5.42. The molecule has 1 unspecified atom stereocenters. The molecule has 0 fully saturated rings. The van der Waals surface area contributed by atoms with Crippen molar-refractivity contribution >= 4 is 0 Å². The summed E-state index contributed by atoms with van der Waals surface area (Å²) < 4.78 is 19.4. The quantitative estimate of drug-likeness (QED) is 0.893. The third-order valence-corrected chi connectivity index (χ3v) is 3.35. The van der Waals surface area contributed by atoms with E-state index in [0.29, 0.717) is 12.2 Å². The predicted octanol–water partition coefficient (Wildman–Crippen LogP) is 3.84. The van der Waals surface area contributed by atoms with Gasteiger partial charge in [0.15, 0.2) is 0 Å². The summed E-state index contributed by atoms with van der Waals surface area (Å²) in [5.74, 6) is 0.645. The van der Waals surface area contributed by atoms with Crippen LogP contribution in [0.2, 0.25) is 0 Å². The van der Waals surface area contributed by atoms with Crippen LogP contribution in [0.15, 0.2) is 42.5 Å². The van der Waals surface area contributed by atoms with E-state index in [0.717, 1.165) is 16.9 Å². The van der Waals surface area contributed by atoms with Gasteiger partial charge in [0.05, 0.1) is 12.6 Å². The largest absolute Gasteiger partial charge is 0.494 e. The van der Waals surface area contributed by atoms with Crippen LogP contribution in [0.5, 0.6) is 5.75 Å². The van der Waals surface area contributed by atoms with Crippen LogP contribution in [-0.2, 0) is 0 Å². The van der Waals surface area contributed by atoms with Crippen LogP contribution in [0.1, 0.15) is 29.7 Å². The number of benzene rings is 2. The van der Waals surface area contributed by atoms with Gasteiger partial charge in [-0.15, -0.1) is 0 Å². The Balaban J connectivity index is 2.44. The molecule has 0 aromatic heterocycles. The van der Waals surface area contributed by atoms with Gasteiger partial charge in [-0.3, -0.25) is 0 Å².